The van der Waals surface area contributed by atoms with Crippen LogP contribution < -0.4 is 5.32 Å². The molecule has 2 heteroatoms. The Bertz CT molecular complexity index is 519. The maximum absolute atomic E-state index is 3.28. The van der Waals surface area contributed by atoms with Gasteiger partial charge in [0.15, 0.2) is 0 Å². The number of nitrogens with one attached hydrogen (secondary N) is 1. The van der Waals surface area contributed by atoms with Crippen LogP contribution in [-0.2, 0) is 5.75 Å². The Balaban J connectivity index is 2.01. The fraction of sp³-hybridized carbons (Fsp3) is 0.294. The molecule has 19 heavy (non-hydrogen) atoms. The number of benzene rings is 2. The molecule has 0 radical (unpaired) electrons. The third kappa shape index (κ3) is 4.12. The van der Waals surface area contributed by atoms with Gasteiger partial charge in [0.25, 0.3) is 0 Å². The highest BCUT2D eigenvalue weighted by atomic mass is 32.2. The van der Waals surface area contributed by atoms with Gasteiger partial charge in [0.05, 0.1) is 0 Å². The normalized spacial score (nSPS) is 12.4. The Morgan fingerprint density at radius 2 is 1.84 bits per heavy atom. The molecule has 0 aliphatic carbocycles. The van der Waals surface area contributed by atoms with Gasteiger partial charge in [-0.1, -0.05) is 42.0 Å². The van der Waals surface area contributed by atoms with Crippen LogP contribution in [0.25, 0.3) is 0 Å². The van der Waals surface area contributed by atoms with Gasteiger partial charge >= 0.3 is 0 Å². The standard InChI is InChI=1S/C17H21NS/c1-13-7-9-15(10-8-13)12-19-17-6-4-5-16(11-17)14(2)18-3/h4-11,14,18H,12H2,1-3H3. The fourth-order valence-corrected chi connectivity index (χ4v) is 2.81. The first kappa shape index (κ1) is 14.2. The molecule has 1 atom stereocenters. The van der Waals surface area contributed by atoms with Gasteiger partial charge in [-0.2, -0.15) is 0 Å². The van der Waals surface area contributed by atoms with Crippen LogP contribution in [0.3, 0.4) is 0 Å². The number of thioether (sulfide) groups is 1. The summed E-state index contributed by atoms with van der Waals surface area (Å²) in [6, 6.07) is 18.0. The first-order valence-corrected chi connectivity index (χ1v) is 7.63. The van der Waals surface area contributed by atoms with E-state index < -0.39 is 0 Å². The van der Waals surface area contributed by atoms with Crippen molar-refractivity contribution in [1.29, 1.82) is 0 Å². The van der Waals surface area contributed by atoms with Crippen molar-refractivity contribution in [2.24, 2.45) is 0 Å². The van der Waals surface area contributed by atoms with E-state index in [1.165, 1.54) is 21.6 Å². The summed E-state index contributed by atoms with van der Waals surface area (Å²) < 4.78 is 0. The van der Waals surface area contributed by atoms with Crippen molar-refractivity contribution in [3.05, 3.63) is 65.2 Å². The number of rotatable bonds is 5. The van der Waals surface area contributed by atoms with Gasteiger partial charge in [-0.05, 0) is 44.2 Å². The molecule has 0 saturated carbocycles. The second-order valence-electron chi connectivity index (χ2n) is 4.86. The van der Waals surface area contributed by atoms with Crippen molar-refractivity contribution in [3.8, 4) is 0 Å². The lowest BCUT2D eigenvalue weighted by atomic mass is 10.1. The van der Waals surface area contributed by atoms with E-state index in [0.29, 0.717) is 6.04 Å². The highest BCUT2D eigenvalue weighted by Crippen LogP contribution is 2.25. The van der Waals surface area contributed by atoms with Gasteiger partial charge in [0.1, 0.15) is 0 Å². The highest BCUT2D eigenvalue weighted by molar-refractivity contribution is 7.98. The topological polar surface area (TPSA) is 12.0 Å². The third-order valence-electron chi connectivity index (χ3n) is 3.32. The molecule has 1 N–H and O–H groups in total. The van der Waals surface area contributed by atoms with Crippen molar-refractivity contribution in [3.63, 3.8) is 0 Å². The SMILES string of the molecule is CNC(C)c1cccc(SCc2ccc(C)cc2)c1. The maximum Gasteiger partial charge on any atom is 0.0289 e. The molecule has 0 saturated heterocycles. The summed E-state index contributed by atoms with van der Waals surface area (Å²) in [6.07, 6.45) is 0. The summed E-state index contributed by atoms with van der Waals surface area (Å²) in [5.41, 5.74) is 4.04. The van der Waals surface area contributed by atoms with E-state index in [9.17, 15) is 0 Å². The predicted octanol–water partition coefficient (Wildman–Crippen LogP) is 4.57. The summed E-state index contributed by atoms with van der Waals surface area (Å²) >= 11 is 1.89. The second kappa shape index (κ2) is 6.78. The van der Waals surface area contributed by atoms with E-state index in [0.717, 1.165) is 5.75 Å². The summed E-state index contributed by atoms with van der Waals surface area (Å²) in [6.45, 7) is 4.31. The monoisotopic (exact) mass is 271 g/mol. The predicted molar refractivity (Wildman–Crippen MR) is 84.7 cm³/mol. The van der Waals surface area contributed by atoms with Crippen molar-refractivity contribution < 1.29 is 0 Å². The minimum Gasteiger partial charge on any atom is -0.313 e. The molecular formula is C17H21NS. The lowest BCUT2D eigenvalue weighted by Crippen LogP contribution is -2.11. The molecule has 0 bridgehead atoms. The minimum atomic E-state index is 0.403. The van der Waals surface area contributed by atoms with Gasteiger partial charge in [0, 0.05) is 16.7 Å². The van der Waals surface area contributed by atoms with E-state index in [-0.39, 0.29) is 0 Å². The van der Waals surface area contributed by atoms with Crippen molar-refractivity contribution in [2.75, 3.05) is 7.05 Å². The smallest absolute Gasteiger partial charge is 0.0289 e. The van der Waals surface area contributed by atoms with Crippen LogP contribution in [0.15, 0.2) is 53.4 Å². The van der Waals surface area contributed by atoms with Crippen LogP contribution >= 0.6 is 11.8 Å². The van der Waals surface area contributed by atoms with Gasteiger partial charge in [-0.25, -0.2) is 0 Å². The Kier molecular flexibility index (Phi) is 5.06. The lowest BCUT2D eigenvalue weighted by Gasteiger charge is -2.11. The maximum atomic E-state index is 3.28. The van der Waals surface area contributed by atoms with Crippen molar-refractivity contribution in [1.82, 2.24) is 5.32 Å². The highest BCUT2D eigenvalue weighted by Gasteiger charge is 2.03. The Morgan fingerprint density at radius 3 is 2.53 bits per heavy atom. The van der Waals surface area contributed by atoms with Crippen LogP contribution in [0, 0.1) is 6.92 Å². The quantitative estimate of drug-likeness (QED) is 0.800. The van der Waals surface area contributed by atoms with Crippen molar-refractivity contribution in [2.45, 2.75) is 30.5 Å². The van der Waals surface area contributed by atoms with E-state index in [4.69, 9.17) is 0 Å². The Morgan fingerprint density at radius 1 is 1.11 bits per heavy atom. The molecule has 1 unspecified atom stereocenters. The third-order valence-corrected chi connectivity index (χ3v) is 4.38. The molecular weight excluding hydrogens is 250 g/mol. The van der Waals surface area contributed by atoms with Crippen LogP contribution in [0.2, 0.25) is 0 Å². The molecule has 0 aliphatic rings. The molecule has 0 fully saturated rings. The van der Waals surface area contributed by atoms with Gasteiger partial charge in [0.2, 0.25) is 0 Å². The van der Waals surface area contributed by atoms with Gasteiger partial charge in [-0.3, -0.25) is 0 Å². The summed E-state index contributed by atoms with van der Waals surface area (Å²) in [7, 11) is 2.00. The van der Waals surface area contributed by atoms with Crippen molar-refractivity contribution >= 4 is 11.8 Å². The lowest BCUT2D eigenvalue weighted by molar-refractivity contribution is 0.651. The first-order chi connectivity index (χ1) is 9.19. The first-order valence-electron chi connectivity index (χ1n) is 6.64. The van der Waals surface area contributed by atoms with Crippen LogP contribution in [0.1, 0.15) is 29.7 Å². The molecule has 0 aromatic heterocycles. The fourth-order valence-electron chi connectivity index (χ4n) is 1.89. The number of hydrogen-bond acceptors (Lipinski definition) is 2. The molecule has 0 aliphatic heterocycles. The summed E-state index contributed by atoms with van der Waals surface area (Å²) in [4.78, 5) is 1.33. The van der Waals surface area contributed by atoms with E-state index >= 15 is 0 Å². The number of aryl methyl sites for hydroxylation is 1. The summed E-state index contributed by atoms with van der Waals surface area (Å²) in [5.74, 6) is 1.03. The largest absolute Gasteiger partial charge is 0.313 e. The number of hydrogen-bond donors (Lipinski definition) is 1. The van der Waals surface area contributed by atoms with Crippen LogP contribution in [-0.4, -0.2) is 7.05 Å². The second-order valence-corrected chi connectivity index (χ2v) is 5.91. The van der Waals surface area contributed by atoms with E-state index in [2.05, 4.69) is 67.7 Å². The molecule has 0 amide bonds. The minimum absolute atomic E-state index is 0.403. The molecule has 2 aromatic rings. The van der Waals surface area contributed by atoms with Crippen LogP contribution in [0.4, 0.5) is 0 Å². The average molecular weight is 271 g/mol. The zero-order valence-corrected chi connectivity index (χ0v) is 12.6. The van der Waals surface area contributed by atoms with Gasteiger partial charge < -0.3 is 5.32 Å². The molecule has 0 spiro atoms. The van der Waals surface area contributed by atoms with Gasteiger partial charge in [-0.15, -0.1) is 11.8 Å². The zero-order chi connectivity index (χ0) is 13.7. The van der Waals surface area contributed by atoms with Crippen LogP contribution in [0.5, 0.6) is 0 Å². The average Bonchev–Trinajstić information content (AvgIpc) is 2.46. The van der Waals surface area contributed by atoms with E-state index in [1.54, 1.807) is 0 Å². The molecule has 1 nitrogen and oxygen atoms in total. The molecule has 2 aromatic carbocycles. The summed E-state index contributed by atoms with van der Waals surface area (Å²) in [5, 5.41) is 3.28. The molecule has 0 heterocycles. The Hall–Kier alpha value is -1.25. The molecule has 2 rings (SSSR count). The van der Waals surface area contributed by atoms with E-state index in [1.807, 2.05) is 18.8 Å². The zero-order valence-electron chi connectivity index (χ0n) is 11.8. The molecule has 100 valence electrons. The Labute approximate surface area is 120 Å².